The second-order valence-electron chi connectivity index (χ2n) is 5.66. The van der Waals surface area contributed by atoms with Crippen LogP contribution in [0.15, 0.2) is 54.6 Å². The molecule has 1 fully saturated rings. The van der Waals surface area contributed by atoms with Gasteiger partial charge in [0.2, 0.25) is 0 Å². The first-order valence-corrected chi connectivity index (χ1v) is 7.40. The van der Waals surface area contributed by atoms with E-state index >= 15 is 0 Å². The van der Waals surface area contributed by atoms with Gasteiger partial charge < -0.3 is 5.73 Å². The SMILES string of the molecule is NCCc1ccc(CN2CC(c3ccccc3)C2)cc1. The minimum absolute atomic E-state index is 0.715. The molecule has 0 bridgehead atoms. The quantitative estimate of drug-likeness (QED) is 0.901. The summed E-state index contributed by atoms with van der Waals surface area (Å²) in [7, 11) is 0. The van der Waals surface area contributed by atoms with E-state index in [4.69, 9.17) is 5.73 Å². The third kappa shape index (κ3) is 3.09. The molecule has 2 aromatic rings. The third-order valence-corrected chi connectivity index (χ3v) is 4.09. The lowest BCUT2D eigenvalue weighted by molar-refractivity contribution is 0.139. The molecule has 0 aromatic heterocycles. The molecule has 1 aliphatic rings. The topological polar surface area (TPSA) is 29.3 Å². The van der Waals surface area contributed by atoms with E-state index < -0.39 is 0 Å². The summed E-state index contributed by atoms with van der Waals surface area (Å²) in [5, 5.41) is 0. The molecule has 3 rings (SSSR count). The van der Waals surface area contributed by atoms with Crippen LogP contribution in [0, 0.1) is 0 Å². The van der Waals surface area contributed by atoms with Gasteiger partial charge in [-0.2, -0.15) is 0 Å². The van der Waals surface area contributed by atoms with Crippen LogP contribution in [0.25, 0.3) is 0 Å². The number of hydrogen-bond donors (Lipinski definition) is 1. The van der Waals surface area contributed by atoms with Crippen molar-refractivity contribution in [3.05, 3.63) is 71.3 Å². The van der Waals surface area contributed by atoms with E-state index in [1.165, 1.54) is 29.8 Å². The molecule has 1 aliphatic heterocycles. The summed E-state index contributed by atoms with van der Waals surface area (Å²) in [5.74, 6) is 0.715. The van der Waals surface area contributed by atoms with Gasteiger partial charge in [-0.05, 0) is 29.7 Å². The molecular weight excluding hydrogens is 244 g/mol. The maximum absolute atomic E-state index is 5.57. The van der Waals surface area contributed by atoms with Crippen molar-refractivity contribution in [3.8, 4) is 0 Å². The van der Waals surface area contributed by atoms with Crippen LogP contribution in [0.1, 0.15) is 22.6 Å². The molecule has 0 unspecified atom stereocenters. The summed E-state index contributed by atoms with van der Waals surface area (Å²) < 4.78 is 0. The molecule has 2 N–H and O–H groups in total. The van der Waals surface area contributed by atoms with E-state index in [0.717, 1.165) is 19.5 Å². The van der Waals surface area contributed by atoms with Gasteiger partial charge in [-0.3, -0.25) is 4.90 Å². The first-order chi connectivity index (χ1) is 9.85. The molecule has 20 heavy (non-hydrogen) atoms. The van der Waals surface area contributed by atoms with E-state index in [9.17, 15) is 0 Å². The van der Waals surface area contributed by atoms with Crippen LogP contribution in [0.5, 0.6) is 0 Å². The average Bonchev–Trinajstić information content (AvgIpc) is 2.45. The van der Waals surface area contributed by atoms with Crippen LogP contribution in [0.2, 0.25) is 0 Å². The van der Waals surface area contributed by atoms with E-state index in [2.05, 4.69) is 59.5 Å². The fourth-order valence-electron chi connectivity index (χ4n) is 2.87. The normalized spacial score (nSPS) is 16.1. The zero-order chi connectivity index (χ0) is 13.8. The van der Waals surface area contributed by atoms with E-state index in [-0.39, 0.29) is 0 Å². The van der Waals surface area contributed by atoms with E-state index in [0.29, 0.717) is 5.92 Å². The highest BCUT2D eigenvalue weighted by Crippen LogP contribution is 2.28. The maximum Gasteiger partial charge on any atom is 0.0234 e. The van der Waals surface area contributed by atoms with Gasteiger partial charge in [-0.25, -0.2) is 0 Å². The van der Waals surface area contributed by atoms with Crippen molar-refractivity contribution in [2.24, 2.45) is 5.73 Å². The lowest BCUT2D eigenvalue weighted by Crippen LogP contribution is -2.44. The molecule has 0 atom stereocenters. The van der Waals surface area contributed by atoms with Crippen molar-refractivity contribution in [1.29, 1.82) is 0 Å². The van der Waals surface area contributed by atoms with E-state index in [1.807, 2.05) is 0 Å². The summed E-state index contributed by atoms with van der Waals surface area (Å²) in [6, 6.07) is 19.7. The van der Waals surface area contributed by atoms with Crippen molar-refractivity contribution >= 4 is 0 Å². The standard InChI is InChI=1S/C18H22N2/c19-11-10-15-6-8-16(9-7-15)12-20-13-18(14-20)17-4-2-1-3-5-17/h1-9,18H,10-14,19H2. The predicted molar refractivity (Wildman–Crippen MR) is 83.7 cm³/mol. The number of nitrogens with zero attached hydrogens (tertiary/aromatic N) is 1. The highest BCUT2D eigenvalue weighted by Gasteiger charge is 2.27. The number of benzene rings is 2. The second kappa shape index (κ2) is 6.21. The van der Waals surface area contributed by atoms with Crippen LogP contribution < -0.4 is 5.73 Å². The predicted octanol–water partition coefficient (Wildman–Crippen LogP) is 2.79. The molecule has 1 heterocycles. The largest absolute Gasteiger partial charge is 0.330 e. The molecule has 1 saturated heterocycles. The number of hydrogen-bond acceptors (Lipinski definition) is 2. The molecule has 2 heteroatoms. The lowest BCUT2D eigenvalue weighted by Gasteiger charge is -2.39. The van der Waals surface area contributed by atoms with E-state index in [1.54, 1.807) is 0 Å². The zero-order valence-electron chi connectivity index (χ0n) is 11.8. The van der Waals surface area contributed by atoms with Crippen molar-refractivity contribution in [2.45, 2.75) is 18.9 Å². The van der Waals surface area contributed by atoms with Crippen LogP contribution in [-0.2, 0) is 13.0 Å². The first-order valence-electron chi connectivity index (χ1n) is 7.40. The van der Waals surface area contributed by atoms with Gasteiger partial charge in [0.1, 0.15) is 0 Å². The van der Waals surface area contributed by atoms with Crippen LogP contribution >= 0.6 is 0 Å². The Kier molecular flexibility index (Phi) is 4.14. The summed E-state index contributed by atoms with van der Waals surface area (Å²) >= 11 is 0. The lowest BCUT2D eigenvalue weighted by atomic mass is 9.91. The van der Waals surface area contributed by atoms with Crippen molar-refractivity contribution in [2.75, 3.05) is 19.6 Å². The Morgan fingerprint density at radius 1 is 0.900 bits per heavy atom. The summed E-state index contributed by atoms with van der Waals surface area (Å²) in [6.07, 6.45) is 0.972. The van der Waals surface area contributed by atoms with Gasteiger partial charge in [0.05, 0.1) is 0 Å². The Morgan fingerprint density at radius 3 is 2.20 bits per heavy atom. The van der Waals surface area contributed by atoms with Crippen molar-refractivity contribution in [1.82, 2.24) is 4.90 Å². The average molecular weight is 266 g/mol. The smallest absolute Gasteiger partial charge is 0.0234 e. The molecule has 2 nitrogen and oxygen atoms in total. The molecule has 2 aromatic carbocycles. The van der Waals surface area contributed by atoms with Gasteiger partial charge in [-0.15, -0.1) is 0 Å². The van der Waals surface area contributed by atoms with Crippen LogP contribution in [0.4, 0.5) is 0 Å². The molecular formula is C18H22N2. The van der Waals surface area contributed by atoms with Gasteiger partial charge >= 0.3 is 0 Å². The highest BCUT2D eigenvalue weighted by atomic mass is 15.2. The first kappa shape index (κ1) is 13.3. The monoisotopic (exact) mass is 266 g/mol. The summed E-state index contributed by atoms with van der Waals surface area (Å²) in [5.41, 5.74) is 9.78. The van der Waals surface area contributed by atoms with Gasteiger partial charge in [0, 0.05) is 25.6 Å². The molecule has 0 amide bonds. The second-order valence-corrected chi connectivity index (χ2v) is 5.66. The summed E-state index contributed by atoms with van der Waals surface area (Å²) in [4.78, 5) is 2.51. The molecule has 0 spiro atoms. The third-order valence-electron chi connectivity index (χ3n) is 4.09. The molecule has 0 saturated carbocycles. The van der Waals surface area contributed by atoms with Gasteiger partial charge in [0.25, 0.3) is 0 Å². The fourth-order valence-corrected chi connectivity index (χ4v) is 2.87. The Labute approximate surface area is 121 Å². The van der Waals surface area contributed by atoms with Gasteiger partial charge in [0.15, 0.2) is 0 Å². The van der Waals surface area contributed by atoms with Crippen molar-refractivity contribution in [3.63, 3.8) is 0 Å². The van der Waals surface area contributed by atoms with Crippen LogP contribution in [0.3, 0.4) is 0 Å². The Hall–Kier alpha value is -1.64. The van der Waals surface area contributed by atoms with Crippen LogP contribution in [-0.4, -0.2) is 24.5 Å². The fraction of sp³-hybridized carbons (Fsp3) is 0.333. The Balaban J connectivity index is 1.51. The number of rotatable bonds is 5. The number of nitrogens with two attached hydrogens (primary N) is 1. The van der Waals surface area contributed by atoms with Crippen molar-refractivity contribution < 1.29 is 0 Å². The minimum Gasteiger partial charge on any atom is -0.330 e. The minimum atomic E-state index is 0.715. The number of likely N-dealkylation sites (tertiary alicyclic amines) is 1. The molecule has 0 radical (unpaired) electrons. The Bertz CT molecular complexity index is 527. The highest BCUT2D eigenvalue weighted by molar-refractivity contribution is 5.25. The zero-order valence-corrected chi connectivity index (χ0v) is 11.8. The van der Waals surface area contributed by atoms with Gasteiger partial charge in [-0.1, -0.05) is 54.6 Å². The summed E-state index contributed by atoms with van der Waals surface area (Å²) in [6.45, 7) is 4.14. The maximum atomic E-state index is 5.57. The molecule has 0 aliphatic carbocycles. The molecule has 104 valence electrons. The Morgan fingerprint density at radius 2 is 1.55 bits per heavy atom.